The summed E-state index contributed by atoms with van der Waals surface area (Å²) in [5.74, 6) is 0.421. The molecule has 0 atom stereocenters. The number of rotatable bonds is 3. The third kappa shape index (κ3) is 3.65. The number of fused-ring (bicyclic) bond motifs is 8. The maximum absolute atomic E-state index is 9.50. The molecule has 2 aromatic heterocycles. The fourth-order valence-corrected chi connectivity index (χ4v) is 6.39. The zero-order chi connectivity index (χ0) is 43.2. The predicted octanol–water partition coefficient (Wildman–Crippen LogP) is 12.8. The van der Waals surface area contributed by atoms with Crippen LogP contribution in [0.5, 0.6) is 0 Å². The maximum Gasteiger partial charge on any atom is 0.147 e. The molecule has 0 aliphatic rings. The second-order valence-electron chi connectivity index (χ2n) is 10.9. The molecule has 0 unspecified atom stereocenters. The van der Waals surface area contributed by atoms with E-state index >= 15 is 0 Å². The summed E-state index contributed by atoms with van der Waals surface area (Å²) in [4.78, 5) is 0. The Morgan fingerprint density at radius 1 is 0.457 bits per heavy atom. The molecule has 0 bridgehead atoms. The van der Waals surface area contributed by atoms with Crippen molar-refractivity contribution >= 4 is 65.2 Å². The number of hydrogen-bond donors (Lipinski definition) is 0. The zero-order valence-electron chi connectivity index (χ0n) is 38.7. The van der Waals surface area contributed by atoms with Gasteiger partial charge < -0.3 is 8.83 Å². The van der Waals surface area contributed by atoms with Gasteiger partial charge in [-0.3, -0.25) is 0 Å². The first-order valence-corrected chi connectivity index (χ1v) is 14.5. The van der Waals surface area contributed by atoms with E-state index in [4.69, 9.17) is 21.2 Å². The first-order valence-electron chi connectivity index (χ1n) is 22.0. The summed E-state index contributed by atoms with van der Waals surface area (Å²) in [5, 5.41) is -0.320. The van der Waals surface area contributed by atoms with Crippen LogP contribution in [0.4, 0.5) is 0 Å². The molecule has 0 aliphatic carbocycles. The van der Waals surface area contributed by atoms with Crippen LogP contribution in [0, 0.1) is 0 Å². The first kappa shape index (κ1) is 14.8. The second kappa shape index (κ2) is 9.69. The SMILES string of the molecule is [2H]c1c([2H])c([2H])c2c([2H])c(-c3c4c([2H])c([2H])c([2H])c([2H])c4c(-c4cc5oc6ccccc6c5c5oc(-c6ccccc6)cc45)c4c([2H])c([2H])c([2H])c([2H])c34)c([2H])c([2H])c2c1[2H]. The van der Waals surface area contributed by atoms with E-state index in [0.717, 1.165) is 0 Å². The molecular formula is C44H26O2. The Bertz CT molecular complexity index is 3570. The normalized spacial score (nSPS) is 16.5. The van der Waals surface area contributed by atoms with Crippen LogP contribution in [-0.2, 0) is 0 Å². The Labute approximate surface area is 285 Å². The molecule has 0 radical (unpaired) electrons. The molecule has 0 saturated carbocycles. The Kier molecular flexibility index (Phi) is 3.11. The van der Waals surface area contributed by atoms with E-state index in [2.05, 4.69) is 0 Å². The fourth-order valence-electron chi connectivity index (χ4n) is 6.39. The minimum atomic E-state index is -0.758. The standard InChI is InChI=1S/C44H26O2/c1-2-13-28(14-3-1)39-26-37-36(25-40-43(44(37)46-39)35-20-10-11-21-38(35)45-40)42-33-18-8-6-16-31(33)41(32-17-7-9-19-34(32)42)30-23-22-27-12-4-5-15-29(27)24-30/h1-26H/i4D,5D,6D,7D,8D,9D,12D,15D,16D,17D,18D,19D,22D,23D,24D. The van der Waals surface area contributed by atoms with E-state index in [9.17, 15) is 8.22 Å². The number of hydrogen-bond acceptors (Lipinski definition) is 2. The highest BCUT2D eigenvalue weighted by Crippen LogP contribution is 2.49. The van der Waals surface area contributed by atoms with Gasteiger partial charge in [-0.05, 0) is 78.8 Å². The molecule has 8 aromatic carbocycles. The van der Waals surface area contributed by atoms with Crippen molar-refractivity contribution in [3.8, 4) is 33.6 Å². The van der Waals surface area contributed by atoms with Crippen LogP contribution in [-0.4, -0.2) is 0 Å². The third-order valence-electron chi connectivity index (χ3n) is 8.35. The van der Waals surface area contributed by atoms with Gasteiger partial charge in [0.1, 0.15) is 22.5 Å². The highest BCUT2D eigenvalue weighted by Gasteiger charge is 2.23. The van der Waals surface area contributed by atoms with Gasteiger partial charge in [0.25, 0.3) is 0 Å². The molecule has 0 amide bonds. The molecule has 0 saturated heterocycles. The Balaban J connectivity index is 1.52. The highest BCUT2D eigenvalue weighted by molar-refractivity contribution is 6.27. The zero-order valence-corrected chi connectivity index (χ0v) is 23.7. The lowest BCUT2D eigenvalue weighted by molar-refractivity contribution is 0.633. The lowest BCUT2D eigenvalue weighted by Crippen LogP contribution is -1.91. The minimum absolute atomic E-state index is 0.0487. The van der Waals surface area contributed by atoms with Gasteiger partial charge in [0.2, 0.25) is 0 Å². The summed E-state index contributed by atoms with van der Waals surface area (Å²) in [7, 11) is 0. The predicted molar refractivity (Wildman–Crippen MR) is 192 cm³/mol. The summed E-state index contributed by atoms with van der Waals surface area (Å²) in [5.41, 5.74) is 1.08. The monoisotopic (exact) mass is 601 g/mol. The quantitative estimate of drug-likeness (QED) is 0.188. The van der Waals surface area contributed by atoms with E-state index < -0.39 is 113 Å². The third-order valence-corrected chi connectivity index (χ3v) is 8.35. The van der Waals surface area contributed by atoms with Crippen molar-refractivity contribution in [1.82, 2.24) is 0 Å². The molecule has 214 valence electrons. The van der Waals surface area contributed by atoms with Crippen molar-refractivity contribution in [1.29, 1.82) is 0 Å². The molecule has 0 N–H and O–H groups in total. The lowest BCUT2D eigenvalue weighted by Gasteiger charge is -2.18. The van der Waals surface area contributed by atoms with Gasteiger partial charge in [0, 0.05) is 16.3 Å². The second-order valence-corrected chi connectivity index (χ2v) is 10.9. The van der Waals surface area contributed by atoms with Gasteiger partial charge in [-0.25, -0.2) is 0 Å². The fraction of sp³-hybridized carbons (Fsp3) is 0. The topological polar surface area (TPSA) is 26.3 Å². The van der Waals surface area contributed by atoms with Crippen molar-refractivity contribution in [3.05, 3.63) is 157 Å². The number of furan rings is 2. The van der Waals surface area contributed by atoms with Crippen LogP contribution in [0.1, 0.15) is 20.6 Å². The van der Waals surface area contributed by atoms with Crippen LogP contribution in [0.25, 0.3) is 98.8 Å². The Morgan fingerprint density at radius 2 is 1.11 bits per heavy atom. The van der Waals surface area contributed by atoms with Gasteiger partial charge in [0.15, 0.2) is 0 Å². The minimum Gasteiger partial charge on any atom is -0.456 e. The van der Waals surface area contributed by atoms with Crippen LogP contribution >= 0.6 is 0 Å². The maximum atomic E-state index is 9.50. The molecular weight excluding hydrogens is 560 g/mol. The number of para-hydroxylation sites is 1. The van der Waals surface area contributed by atoms with Crippen molar-refractivity contribution in [2.75, 3.05) is 0 Å². The molecule has 2 heteroatoms. The molecule has 10 aromatic rings. The van der Waals surface area contributed by atoms with E-state index in [1.54, 1.807) is 24.3 Å². The van der Waals surface area contributed by atoms with Crippen LogP contribution in [0.2, 0.25) is 0 Å². The number of benzene rings is 8. The summed E-state index contributed by atoms with van der Waals surface area (Å²) >= 11 is 0. The van der Waals surface area contributed by atoms with Gasteiger partial charge in [0.05, 0.1) is 25.9 Å². The molecule has 0 spiro atoms. The van der Waals surface area contributed by atoms with Gasteiger partial charge in [-0.2, -0.15) is 0 Å². The van der Waals surface area contributed by atoms with Crippen molar-refractivity contribution in [2.45, 2.75) is 0 Å². The lowest BCUT2D eigenvalue weighted by atomic mass is 9.84. The molecule has 2 nitrogen and oxygen atoms in total. The highest BCUT2D eigenvalue weighted by atomic mass is 16.3. The van der Waals surface area contributed by atoms with E-state index in [-0.39, 0.29) is 32.7 Å². The summed E-state index contributed by atoms with van der Waals surface area (Å²) in [6.07, 6.45) is 0. The Morgan fingerprint density at radius 3 is 1.87 bits per heavy atom. The van der Waals surface area contributed by atoms with E-state index in [1.165, 1.54) is 0 Å². The molecule has 10 rings (SSSR count). The molecule has 2 heterocycles. The first-order chi connectivity index (χ1) is 29.1. The summed E-state index contributed by atoms with van der Waals surface area (Å²) < 4.78 is 148. The molecule has 0 fully saturated rings. The van der Waals surface area contributed by atoms with Crippen molar-refractivity contribution in [2.24, 2.45) is 0 Å². The summed E-state index contributed by atoms with van der Waals surface area (Å²) in [6.45, 7) is 0. The van der Waals surface area contributed by atoms with Gasteiger partial charge in [-0.1, -0.05) is 133 Å². The van der Waals surface area contributed by atoms with Crippen LogP contribution in [0.3, 0.4) is 0 Å². The average molecular weight is 602 g/mol. The van der Waals surface area contributed by atoms with Crippen molar-refractivity contribution < 1.29 is 29.4 Å². The molecule has 0 aliphatic heterocycles. The van der Waals surface area contributed by atoms with E-state index in [1.807, 2.05) is 42.5 Å². The smallest absolute Gasteiger partial charge is 0.147 e. The Hall–Kier alpha value is -6.12. The summed E-state index contributed by atoms with van der Waals surface area (Å²) in [6, 6.07) is 9.49. The van der Waals surface area contributed by atoms with Gasteiger partial charge >= 0.3 is 0 Å². The van der Waals surface area contributed by atoms with E-state index in [0.29, 0.717) is 44.2 Å². The van der Waals surface area contributed by atoms with Crippen molar-refractivity contribution in [3.63, 3.8) is 0 Å². The van der Waals surface area contributed by atoms with Crippen LogP contribution < -0.4 is 0 Å². The average Bonchev–Trinajstić information content (AvgIpc) is 3.87. The van der Waals surface area contributed by atoms with Crippen LogP contribution in [0.15, 0.2) is 166 Å². The molecule has 46 heavy (non-hydrogen) atoms. The van der Waals surface area contributed by atoms with Gasteiger partial charge in [-0.15, -0.1) is 0 Å². The largest absolute Gasteiger partial charge is 0.456 e.